The zero-order chi connectivity index (χ0) is 12.3. The van der Waals surface area contributed by atoms with Gasteiger partial charge in [0.15, 0.2) is 0 Å². The molecular formula is C10H13ClN4O2. The van der Waals surface area contributed by atoms with E-state index in [4.69, 9.17) is 22.1 Å². The van der Waals surface area contributed by atoms with E-state index in [2.05, 4.69) is 10.4 Å². The molecule has 1 aromatic heterocycles. The average molecular weight is 257 g/mol. The molecule has 0 aromatic carbocycles. The molecule has 17 heavy (non-hydrogen) atoms. The molecule has 1 saturated heterocycles. The zero-order valence-electron chi connectivity index (χ0n) is 9.15. The second-order valence-electron chi connectivity index (χ2n) is 3.65. The molecular weight excluding hydrogens is 244 g/mol. The van der Waals surface area contributed by atoms with Gasteiger partial charge in [0.05, 0.1) is 30.7 Å². The Balaban J connectivity index is 2.05. The van der Waals surface area contributed by atoms with Gasteiger partial charge < -0.3 is 10.5 Å². The number of hydrogen-bond donors (Lipinski definition) is 2. The summed E-state index contributed by atoms with van der Waals surface area (Å²) in [7, 11) is 0. The summed E-state index contributed by atoms with van der Waals surface area (Å²) in [4.78, 5) is 15.7. The molecule has 2 heterocycles. The summed E-state index contributed by atoms with van der Waals surface area (Å²) in [6.07, 6.45) is 1.41. The molecule has 6 nitrogen and oxygen atoms in total. The zero-order valence-corrected chi connectivity index (χ0v) is 9.91. The number of anilines is 1. The highest BCUT2D eigenvalue weighted by Crippen LogP contribution is 2.15. The summed E-state index contributed by atoms with van der Waals surface area (Å²) in [6.45, 7) is 2.50. The Bertz CT molecular complexity index is 421. The summed E-state index contributed by atoms with van der Waals surface area (Å²) < 4.78 is 5.18. The fraction of sp³-hybridized carbons (Fsp3) is 0.400. The second-order valence-corrected chi connectivity index (χ2v) is 4.01. The van der Waals surface area contributed by atoms with E-state index >= 15 is 0 Å². The van der Waals surface area contributed by atoms with Crippen LogP contribution in [-0.4, -0.2) is 42.2 Å². The van der Waals surface area contributed by atoms with Crippen LogP contribution in [0.4, 0.5) is 5.69 Å². The second kappa shape index (κ2) is 5.31. The molecule has 3 N–H and O–H groups in total. The summed E-state index contributed by atoms with van der Waals surface area (Å²) in [5.74, 6) is -0.309. The maximum atomic E-state index is 11.9. The molecule has 1 fully saturated rings. The monoisotopic (exact) mass is 256 g/mol. The number of nitrogens with two attached hydrogens (primary N) is 1. The van der Waals surface area contributed by atoms with Gasteiger partial charge in [0.25, 0.3) is 5.91 Å². The van der Waals surface area contributed by atoms with Gasteiger partial charge in [-0.25, -0.2) is 9.99 Å². The Hall–Kier alpha value is -1.37. The predicted molar refractivity (Wildman–Crippen MR) is 63.5 cm³/mol. The number of amides is 1. The van der Waals surface area contributed by atoms with Gasteiger partial charge in [0.2, 0.25) is 0 Å². The maximum absolute atomic E-state index is 11.9. The summed E-state index contributed by atoms with van der Waals surface area (Å²) in [6, 6.07) is 1.51. The molecule has 1 aliphatic heterocycles. The van der Waals surface area contributed by atoms with Crippen LogP contribution in [-0.2, 0) is 4.74 Å². The first-order chi connectivity index (χ1) is 8.16. The SMILES string of the molecule is Nc1cnc(Cl)c(C(=O)NN2CCOCC2)c1. The lowest BCUT2D eigenvalue weighted by molar-refractivity contribution is 0.0126. The fourth-order valence-corrected chi connectivity index (χ4v) is 1.69. The van der Waals surface area contributed by atoms with Crippen molar-refractivity contribution in [2.24, 2.45) is 0 Å². The van der Waals surface area contributed by atoms with Crippen LogP contribution in [0.25, 0.3) is 0 Å². The maximum Gasteiger partial charge on any atom is 0.268 e. The van der Waals surface area contributed by atoms with Crippen LogP contribution in [0.3, 0.4) is 0 Å². The topological polar surface area (TPSA) is 80.5 Å². The van der Waals surface area contributed by atoms with Crippen LogP contribution in [0.15, 0.2) is 12.3 Å². The number of hydrazine groups is 1. The number of hydrogen-bond acceptors (Lipinski definition) is 5. The van der Waals surface area contributed by atoms with Crippen LogP contribution < -0.4 is 11.2 Å². The number of nitrogens with one attached hydrogen (secondary N) is 1. The Labute approximate surface area is 104 Å². The Morgan fingerprint density at radius 2 is 2.24 bits per heavy atom. The number of morpholine rings is 1. The fourth-order valence-electron chi connectivity index (χ4n) is 1.50. The summed E-state index contributed by atoms with van der Waals surface area (Å²) in [5, 5.41) is 1.93. The van der Waals surface area contributed by atoms with E-state index in [1.165, 1.54) is 12.3 Å². The lowest BCUT2D eigenvalue weighted by Gasteiger charge is -2.26. The first-order valence-electron chi connectivity index (χ1n) is 5.21. The third-order valence-corrected chi connectivity index (χ3v) is 2.68. The molecule has 1 aromatic rings. The van der Waals surface area contributed by atoms with Gasteiger partial charge >= 0.3 is 0 Å². The highest BCUT2D eigenvalue weighted by molar-refractivity contribution is 6.32. The standard InChI is InChI=1S/C10H13ClN4O2/c11-9-8(5-7(12)6-13-9)10(16)14-15-1-3-17-4-2-15/h5-6H,1-4,12H2,(H,14,16). The van der Waals surface area contributed by atoms with E-state index in [9.17, 15) is 4.79 Å². The number of carbonyl (C=O) groups is 1. The van der Waals surface area contributed by atoms with E-state index in [-0.39, 0.29) is 16.6 Å². The molecule has 0 unspecified atom stereocenters. The molecule has 0 saturated carbocycles. The highest BCUT2D eigenvalue weighted by atomic mass is 35.5. The van der Waals surface area contributed by atoms with Crippen LogP contribution in [0.1, 0.15) is 10.4 Å². The minimum absolute atomic E-state index is 0.143. The highest BCUT2D eigenvalue weighted by Gasteiger charge is 2.17. The quantitative estimate of drug-likeness (QED) is 0.744. The summed E-state index contributed by atoms with van der Waals surface area (Å²) >= 11 is 5.84. The van der Waals surface area contributed by atoms with Gasteiger partial charge in [-0.05, 0) is 6.07 Å². The largest absolute Gasteiger partial charge is 0.397 e. The molecule has 0 spiro atoms. The molecule has 0 radical (unpaired) electrons. The molecule has 92 valence electrons. The minimum atomic E-state index is -0.309. The van der Waals surface area contributed by atoms with Gasteiger partial charge in [0.1, 0.15) is 5.15 Å². The average Bonchev–Trinajstić information content (AvgIpc) is 2.33. The van der Waals surface area contributed by atoms with Crippen molar-refractivity contribution >= 4 is 23.2 Å². The Kier molecular flexibility index (Phi) is 3.78. The number of halogens is 1. The number of aromatic nitrogens is 1. The molecule has 0 aliphatic carbocycles. The van der Waals surface area contributed by atoms with E-state index in [1.54, 1.807) is 5.01 Å². The molecule has 1 aliphatic rings. The van der Waals surface area contributed by atoms with Crippen molar-refractivity contribution in [1.82, 2.24) is 15.4 Å². The number of rotatable bonds is 2. The summed E-state index contributed by atoms with van der Waals surface area (Å²) in [5.41, 5.74) is 8.98. The van der Waals surface area contributed by atoms with Crippen LogP contribution in [0, 0.1) is 0 Å². The van der Waals surface area contributed by atoms with E-state index in [0.717, 1.165) is 0 Å². The van der Waals surface area contributed by atoms with Crippen LogP contribution in [0.2, 0.25) is 5.15 Å². The minimum Gasteiger partial charge on any atom is -0.397 e. The third kappa shape index (κ3) is 3.06. The molecule has 2 rings (SSSR count). The van der Waals surface area contributed by atoms with Gasteiger partial charge in [0, 0.05) is 13.1 Å². The van der Waals surface area contributed by atoms with Gasteiger partial charge in [-0.3, -0.25) is 10.2 Å². The smallest absolute Gasteiger partial charge is 0.268 e. The molecule has 1 amide bonds. The Morgan fingerprint density at radius 3 is 2.94 bits per heavy atom. The molecule has 0 atom stereocenters. The van der Waals surface area contributed by atoms with E-state index in [0.29, 0.717) is 32.0 Å². The first kappa shape index (κ1) is 12.1. The lowest BCUT2D eigenvalue weighted by atomic mass is 10.2. The number of carbonyl (C=O) groups excluding carboxylic acids is 1. The predicted octanol–water partition coefficient (Wildman–Crippen LogP) is 0.294. The third-order valence-electron chi connectivity index (χ3n) is 2.38. The van der Waals surface area contributed by atoms with E-state index < -0.39 is 0 Å². The first-order valence-corrected chi connectivity index (χ1v) is 5.59. The van der Waals surface area contributed by atoms with Crippen molar-refractivity contribution in [1.29, 1.82) is 0 Å². The van der Waals surface area contributed by atoms with E-state index in [1.807, 2.05) is 0 Å². The lowest BCUT2D eigenvalue weighted by Crippen LogP contribution is -2.48. The van der Waals surface area contributed by atoms with Crippen molar-refractivity contribution < 1.29 is 9.53 Å². The molecule has 7 heteroatoms. The molecule has 0 bridgehead atoms. The van der Waals surface area contributed by atoms with Crippen LogP contribution in [0.5, 0.6) is 0 Å². The number of nitrogens with zero attached hydrogens (tertiary/aromatic N) is 2. The number of pyridine rings is 1. The van der Waals surface area contributed by atoms with Crippen molar-refractivity contribution in [2.45, 2.75) is 0 Å². The van der Waals surface area contributed by atoms with Gasteiger partial charge in [-0.2, -0.15) is 0 Å². The Morgan fingerprint density at radius 1 is 1.53 bits per heavy atom. The normalized spacial score (nSPS) is 16.8. The van der Waals surface area contributed by atoms with Gasteiger partial charge in [-0.1, -0.05) is 11.6 Å². The van der Waals surface area contributed by atoms with Crippen molar-refractivity contribution in [3.63, 3.8) is 0 Å². The van der Waals surface area contributed by atoms with Crippen LogP contribution >= 0.6 is 11.6 Å². The van der Waals surface area contributed by atoms with Crippen molar-refractivity contribution in [3.8, 4) is 0 Å². The van der Waals surface area contributed by atoms with Gasteiger partial charge in [-0.15, -0.1) is 0 Å². The number of ether oxygens (including phenoxy) is 1. The van der Waals surface area contributed by atoms with Crippen molar-refractivity contribution in [3.05, 3.63) is 23.0 Å². The number of nitrogen functional groups attached to an aromatic ring is 1. The van der Waals surface area contributed by atoms with Crippen molar-refractivity contribution in [2.75, 3.05) is 32.0 Å².